The fourth-order valence-corrected chi connectivity index (χ4v) is 3.13. The van der Waals surface area contributed by atoms with Gasteiger partial charge in [-0.3, -0.25) is 4.98 Å². The Balaban J connectivity index is 1.77. The second kappa shape index (κ2) is 7.38. The van der Waals surface area contributed by atoms with Crippen LogP contribution in [0.25, 0.3) is 0 Å². The van der Waals surface area contributed by atoms with Gasteiger partial charge in [-0.2, -0.15) is 0 Å². The summed E-state index contributed by atoms with van der Waals surface area (Å²) in [4.78, 5) is 30.3. The van der Waals surface area contributed by atoms with E-state index in [-0.39, 0.29) is 13.1 Å². The summed E-state index contributed by atoms with van der Waals surface area (Å²) in [6, 6.07) is 8.58. The van der Waals surface area contributed by atoms with Gasteiger partial charge in [0.05, 0.1) is 25.0 Å². The summed E-state index contributed by atoms with van der Waals surface area (Å²) in [6.07, 6.45) is 5.70. The van der Waals surface area contributed by atoms with Gasteiger partial charge in [0.15, 0.2) is 0 Å². The predicted octanol–water partition coefficient (Wildman–Crippen LogP) is 2.78. The molecule has 7 nitrogen and oxygen atoms in total. The zero-order valence-electron chi connectivity index (χ0n) is 13.9. The molecule has 2 N–H and O–H groups in total. The van der Waals surface area contributed by atoms with Crippen LogP contribution >= 0.6 is 0 Å². The maximum absolute atomic E-state index is 12.8. The minimum absolute atomic E-state index is 0.241. The van der Waals surface area contributed by atoms with Crippen LogP contribution in [0.15, 0.2) is 47.2 Å². The lowest BCUT2D eigenvalue weighted by Gasteiger charge is -2.30. The van der Waals surface area contributed by atoms with Crippen LogP contribution < -0.4 is 5.32 Å². The van der Waals surface area contributed by atoms with E-state index in [1.165, 1.54) is 4.90 Å². The third-order valence-corrected chi connectivity index (χ3v) is 4.51. The van der Waals surface area contributed by atoms with Gasteiger partial charge in [0, 0.05) is 6.20 Å². The molecule has 3 rings (SSSR count). The number of carbonyl (C=O) groups is 2. The van der Waals surface area contributed by atoms with Gasteiger partial charge in [0.25, 0.3) is 0 Å². The van der Waals surface area contributed by atoms with E-state index in [9.17, 15) is 14.7 Å². The van der Waals surface area contributed by atoms with Crippen molar-refractivity contribution in [2.45, 2.75) is 44.3 Å². The van der Waals surface area contributed by atoms with Crippen LogP contribution in [0.5, 0.6) is 0 Å². The highest BCUT2D eigenvalue weighted by Gasteiger charge is 2.43. The van der Waals surface area contributed by atoms with E-state index >= 15 is 0 Å². The Bertz CT molecular complexity index is 709. The highest BCUT2D eigenvalue weighted by Crippen LogP contribution is 2.30. The van der Waals surface area contributed by atoms with Crippen LogP contribution in [0.1, 0.15) is 37.1 Å². The standard InChI is InChI=1S/C18H21N3O4/c22-16(23)18(8-2-3-9-18)20-17(24)21(13-15-7-5-11-25-15)12-14-6-1-4-10-19-14/h1,4-7,10-11H,2-3,8-9,12-13H2,(H,20,24)(H,22,23). The largest absolute Gasteiger partial charge is 0.480 e. The van der Waals surface area contributed by atoms with Crippen molar-refractivity contribution in [1.82, 2.24) is 15.2 Å². The Morgan fingerprint density at radius 3 is 2.60 bits per heavy atom. The zero-order chi connectivity index (χ0) is 17.7. The number of carbonyl (C=O) groups excluding carboxylic acids is 1. The van der Waals surface area contributed by atoms with E-state index in [0.29, 0.717) is 18.6 Å². The van der Waals surface area contributed by atoms with Crippen molar-refractivity contribution < 1.29 is 19.1 Å². The molecule has 0 bridgehead atoms. The molecule has 1 aliphatic rings. The van der Waals surface area contributed by atoms with Gasteiger partial charge in [-0.05, 0) is 37.1 Å². The number of aliphatic carboxylic acids is 1. The van der Waals surface area contributed by atoms with Crippen molar-refractivity contribution >= 4 is 12.0 Å². The van der Waals surface area contributed by atoms with Crippen molar-refractivity contribution in [3.8, 4) is 0 Å². The lowest BCUT2D eigenvalue weighted by atomic mass is 9.98. The summed E-state index contributed by atoms with van der Waals surface area (Å²) < 4.78 is 5.34. The van der Waals surface area contributed by atoms with Gasteiger partial charge in [-0.1, -0.05) is 18.9 Å². The molecular formula is C18H21N3O4. The Morgan fingerprint density at radius 1 is 1.20 bits per heavy atom. The molecule has 2 aromatic heterocycles. The molecule has 2 heterocycles. The third kappa shape index (κ3) is 3.99. The van der Waals surface area contributed by atoms with Crippen LogP contribution in [0.3, 0.4) is 0 Å². The average Bonchev–Trinajstić information content (AvgIpc) is 3.27. The molecule has 2 aromatic rings. The Labute approximate surface area is 145 Å². The number of nitrogens with zero attached hydrogens (tertiary/aromatic N) is 2. The van der Waals surface area contributed by atoms with Crippen molar-refractivity contribution in [3.05, 3.63) is 54.2 Å². The minimum atomic E-state index is -1.18. The molecule has 2 amide bonds. The molecule has 0 atom stereocenters. The van der Waals surface area contributed by atoms with Crippen LogP contribution in [-0.2, 0) is 17.9 Å². The van der Waals surface area contributed by atoms with E-state index in [1.54, 1.807) is 30.7 Å². The molecule has 0 spiro atoms. The number of hydrogen-bond donors (Lipinski definition) is 2. The molecule has 0 unspecified atom stereocenters. The van der Waals surface area contributed by atoms with Gasteiger partial charge >= 0.3 is 12.0 Å². The molecule has 1 fully saturated rings. The second-order valence-electron chi connectivity index (χ2n) is 6.28. The van der Waals surface area contributed by atoms with Crippen molar-refractivity contribution in [2.75, 3.05) is 0 Å². The van der Waals surface area contributed by atoms with E-state index in [1.807, 2.05) is 12.1 Å². The molecule has 25 heavy (non-hydrogen) atoms. The van der Waals surface area contributed by atoms with E-state index in [4.69, 9.17) is 4.42 Å². The highest BCUT2D eigenvalue weighted by molar-refractivity contribution is 5.86. The highest BCUT2D eigenvalue weighted by atomic mass is 16.4. The summed E-state index contributed by atoms with van der Waals surface area (Å²) in [6.45, 7) is 0.508. The van der Waals surface area contributed by atoms with Gasteiger partial charge in [-0.15, -0.1) is 0 Å². The maximum atomic E-state index is 12.8. The first-order valence-corrected chi connectivity index (χ1v) is 8.32. The number of amides is 2. The summed E-state index contributed by atoms with van der Waals surface area (Å²) in [5, 5.41) is 12.3. The second-order valence-corrected chi connectivity index (χ2v) is 6.28. The number of urea groups is 1. The number of carboxylic acids is 1. The predicted molar refractivity (Wildman–Crippen MR) is 89.6 cm³/mol. The minimum Gasteiger partial charge on any atom is -0.480 e. The van der Waals surface area contributed by atoms with Gasteiger partial charge < -0.3 is 19.7 Å². The fourth-order valence-electron chi connectivity index (χ4n) is 3.13. The molecule has 132 valence electrons. The number of nitrogens with one attached hydrogen (secondary N) is 1. The van der Waals surface area contributed by atoms with Crippen LogP contribution in [-0.4, -0.2) is 32.5 Å². The first-order valence-electron chi connectivity index (χ1n) is 8.32. The first-order chi connectivity index (χ1) is 12.1. The molecule has 0 aliphatic heterocycles. The Morgan fingerprint density at radius 2 is 2.00 bits per heavy atom. The molecule has 1 aliphatic carbocycles. The molecular weight excluding hydrogens is 322 g/mol. The van der Waals surface area contributed by atoms with Crippen molar-refractivity contribution in [2.24, 2.45) is 0 Å². The van der Waals surface area contributed by atoms with E-state index < -0.39 is 17.5 Å². The van der Waals surface area contributed by atoms with Crippen molar-refractivity contribution in [1.29, 1.82) is 0 Å². The Kier molecular flexibility index (Phi) is 5.02. The van der Waals surface area contributed by atoms with Gasteiger partial charge in [0.2, 0.25) is 0 Å². The molecule has 0 radical (unpaired) electrons. The number of pyridine rings is 1. The van der Waals surface area contributed by atoms with Crippen LogP contribution in [0.2, 0.25) is 0 Å². The molecule has 7 heteroatoms. The molecule has 0 saturated heterocycles. The fraction of sp³-hybridized carbons (Fsp3) is 0.389. The van der Waals surface area contributed by atoms with Crippen molar-refractivity contribution in [3.63, 3.8) is 0 Å². The summed E-state index contributed by atoms with van der Waals surface area (Å²) in [5.74, 6) is -0.351. The van der Waals surface area contributed by atoms with E-state index in [0.717, 1.165) is 18.5 Å². The first kappa shape index (κ1) is 17.0. The maximum Gasteiger partial charge on any atom is 0.329 e. The summed E-state index contributed by atoms with van der Waals surface area (Å²) in [5.41, 5.74) is -0.456. The normalized spacial score (nSPS) is 15.7. The smallest absolute Gasteiger partial charge is 0.329 e. The summed E-state index contributed by atoms with van der Waals surface area (Å²) >= 11 is 0. The summed E-state index contributed by atoms with van der Waals surface area (Å²) in [7, 11) is 0. The average molecular weight is 343 g/mol. The number of furan rings is 1. The van der Waals surface area contributed by atoms with Crippen LogP contribution in [0, 0.1) is 0 Å². The monoisotopic (exact) mass is 343 g/mol. The lowest BCUT2D eigenvalue weighted by Crippen LogP contribution is -2.56. The van der Waals surface area contributed by atoms with Crippen LogP contribution in [0.4, 0.5) is 4.79 Å². The molecule has 0 aromatic carbocycles. The number of hydrogen-bond acceptors (Lipinski definition) is 4. The Hall–Kier alpha value is -2.83. The zero-order valence-corrected chi connectivity index (χ0v) is 13.9. The molecule has 1 saturated carbocycles. The third-order valence-electron chi connectivity index (χ3n) is 4.51. The lowest BCUT2D eigenvalue weighted by molar-refractivity contribution is -0.144. The topological polar surface area (TPSA) is 95.7 Å². The number of aromatic nitrogens is 1. The SMILES string of the molecule is O=C(NC1(C(=O)O)CCCC1)N(Cc1ccccn1)Cc1ccco1. The van der Waals surface area contributed by atoms with Gasteiger partial charge in [0.1, 0.15) is 11.3 Å². The quantitative estimate of drug-likeness (QED) is 0.841. The van der Waals surface area contributed by atoms with Gasteiger partial charge in [-0.25, -0.2) is 9.59 Å². The van der Waals surface area contributed by atoms with E-state index in [2.05, 4.69) is 10.3 Å². The number of carboxylic acid groups (broad SMARTS) is 1. The number of rotatable bonds is 6.